The molecule has 1 amide bonds. The zero-order valence-electron chi connectivity index (χ0n) is 22.8. The van der Waals surface area contributed by atoms with Crippen molar-refractivity contribution < 1.29 is 22.4 Å². The number of halogens is 4. The highest BCUT2D eigenvalue weighted by Crippen LogP contribution is 2.58. The topological polar surface area (TPSA) is 85.1 Å². The molecule has 2 fully saturated rings. The molecule has 1 aliphatic heterocycles. The Morgan fingerprint density at radius 3 is 2.40 bits per heavy atom. The van der Waals surface area contributed by atoms with Crippen LogP contribution in [0.2, 0.25) is 0 Å². The van der Waals surface area contributed by atoms with Crippen LogP contribution in [0.25, 0.3) is 0 Å². The van der Waals surface area contributed by atoms with Crippen molar-refractivity contribution in [3.63, 3.8) is 0 Å². The first-order chi connectivity index (χ1) is 18.6. The summed E-state index contributed by atoms with van der Waals surface area (Å²) in [6.45, 7) is 4.59. The van der Waals surface area contributed by atoms with Crippen LogP contribution in [0.5, 0.6) is 0 Å². The van der Waals surface area contributed by atoms with Crippen molar-refractivity contribution >= 4 is 11.6 Å². The summed E-state index contributed by atoms with van der Waals surface area (Å²) < 4.78 is 56.0. The molecule has 8 nitrogen and oxygen atoms in total. The van der Waals surface area contributed by atoms with E-state index < -0.39 is 40.8 Å². The fourth-order valence-electron chi connectivity index (χ4n) is 6.40. The van der Waals surface area contributed by atoms with Crippen molar-refractivity contribution in [1.82, 2.24) is 24.2 Å². The number of nitrogens with one attached hydrogen (secondary N) is 1. The maximum atomic E-state index is 14.0. The zero-order chi connectivity index (χ0) is 29.1. The van der Waals surface area contributed by atoms with E-state index in [0.29, 0.717) is 15.8 Å². The normalized spacial score (nSPS) is 19.5. The van der Waals surface area contributed by atoms with Gasteiger partial charge in [-0.05, 0) is 54.5 Å². The molecule has 5 rings (SSSR count). The summed E-state index contributed by atoms with van der Waals surface area (Å²) in [5.74, 6) is -0.0195. The van der Waals surface area contributed by atoms with Crippen molar-refractivity contribution in [2.45, 2.75) is 64.0 Å². The van der Waals surface area contributed by atoms with E-state index >= 15 is 0 Å². The molecule has 0 radical (unpaired) electrons. The molecule has 0 spiro atoms. The molecule has 1 saturated carbocycles. The maximum Gasteiger partial charge on any atom is 0.406 e. The minimum atomic E-state index is -4.66. The van der Waals surface area contributed by atoms with E-state index in [1.54, 1.807) is 23.4 Å². The number of alkyl halides is 4. The smallest absolute Gasteiger partial charge is 0.322 e. The molecule has 12 heteroatoms. The summed E-state index contributed by atoms with van der Waals surface area (Å²) in [5, 5.41) is 11.1. The Morgan fingerprint density at radius 1 is 1.12 bits per heavy atom. The minimum absolute atomic E-state index is 0.0747. The number of hydrogen-bond acceptors (Lipinski definition) is 5. The van der Waals surface area contributed by atoms with Crippen molar-refractivity contribution in [3.8, 4) is 0 Å². The van der Waals surface area contributed by atoms with E-state index in [9.17, 15) is 27.2 Å². The fraction of sp³-hybridized carbons (Fsp3) is 0.500. The lowest BCUT2D eigenvalue weighted by Crippen LogP contribution is -2.56. The molecule has 0 bridgehead atoms. The maximum absolute atomic E-state index is 14.0. The summed E-state index contributed by atoms with van der Waals surface area (Å²) >= 11 is 0. The van der Waals surface area contributed by atoms with E-state index in [2.05, 4.69) is 29.4 Å². The second-order valence-electron chi connectivity index (χ2n) is 12.3. The molecule has 40 heavy (non-hydrogen) atoms. The lowest BCUT2D eigenvalue weighted by molar-refractivity contribution is -0.141. The van der Waals surface area contributed by atoms with Gasteiger partial charge in [-0.25, -0.2) is 4.39 Å². The SMILES string of the molecule is Cn1cnnc1C1(c2cccc(NC(=O)c3cc(CN4CC(C)(F)C4)cn(CC(F)(F)F)c3=O)c2)CC(C)(C)C1. The first-order valence-electron chi connectivity index (χ1n) is 13.0. The first-order valence-corrected chi connectivity index (χ1v) is 13.0. The molecule has 214 valence electrons. The molecule has 1 aromatic carbocycles. The highest BCUT2D eigenvalue weighted by Gasteiger charge is 2.54. The average Bonchev–Trinajstić information content (AvgIpc) is 3.23. The van der Waals surface area contributed by atoms with Crippen LogP contribution in [0.15, 0.2) is 47.7 Å². The van der Waals surface area contributed by atoms with Crippen molar-refractivity contribution in [3.05, 3.63) is 75.7 Å². The van der Waals surface area contributed by atoms with Crippen LogP contribution in [-0.2, 0) is 25.6 Å². The summed E-state index contributed by atoms with van der Waals surface area (Å²) in [6, 6.07) is 8.49. The van der Waals surface area contributed by atoms with Crippen molar-refractivity contribution in [2.75, 3.05) is 18.4 Å². The van der Waals surface area contributed by atoms with Gasteiger partial charge in [-0.15, -0.1) is 10.2 Å². The van der Waals surface area contributed by atoms with Gasteiger partial charge in [0.05, 0.1) is 5.41 Å². The van der Waals surface area contributed by atoms with Crippen LogP contribution in [0.4, 0.5) is 23.2 Å². The van der Waals surface area contributed by atoms with E-state index in [4.69, 9.17) is 0 Å². The largest absolute Gasteiger partial charge is 0.406 e. The molecular formula is C28H32F4N6O2. The fourth-order valence-corrected chi connectivity index (χ4v) is 6.40. The van der Waals surface area contributed by atoms with Crippen molar-refractivity contribution in [2.24, 2.45) is 12.5 Å². The van der Waals surface area contributed by atoms with Gasteiger partial charge < -0.3 is 14.5 Å². The van der Waals surface area contributed by atoms with Gasteiger partial charge in [0.2, 0.25) is 0 Å². The standard InChI is InChI=1S/C28H32F4N6O2/c1-25(2)12-27(13-25,24-35-33-17-36(24)4)19-6-5-7-20(9-19)34-22(39)21-8-18(10-37-14-26(3,29)15-37)11-38(23(21)40)16-28(30,31)32/h5-9,11,17H,10,12-16H2,1-4H3,(H,34,39). The number of hydrogen-bond donors (Lipinski definition) is 1. The molecule has 3 aromatic rings. The molecule has 3 heterocycles. The Morgan fingerprint density at radius 2 is 1.82 bits per heavy atom. The number of pyridine rings is 1. The number of rotatable bonds is 7. The van der Waals surface area contributed by atoms with Crippen molar-refractivity contribution in [1.29, 1.82) is 0 Å². The van der Waals surface area contributed by atoms with Gasteiger partial charge in [0.15, 0.2) is 0 Å². The van der Waals surface area contributed by atoms with Gasteiger partial charge in [0, 0.05) is 38.6 Å². The summed E-state index contributed by atoms with van der Waals surface area (Å²) in [5.41, 5.74) is -1.55. The van der Waals surface area contributed by atoms with Gasteiger partial charge >= 0.3 is 6.18 Å². The Labute approximate surface area is 229 Å². The minimum Gasteiger partial charge on any atom is -0.322 e. The Bertz CT molecular complexity index is 1490. The van der Waals surface area contributed by atoms with Gasteiger partial charge in [-0.3, -0.25) is 14.5 Å². The first kappa shape index (κ1) is 28.0. The highest BCUT2D eigenvalue weighted by molar-refractivity contribution is 6.04. The average molecular weight is 561 g/mol. The number of aromatic nitrogens is 4. The Balaban J connectivity index is 1.44. The lowest BCUT2D eigenvalue weighted by Gasteiger charge is -2.52. The van der Waals surface area contributed by atoms with E-state index in [1.165, 1.54) is 13.0 Å². The van der Waals surface area contributed by atoms with Crippen LogP contribution >= 0.6 is 0 Å². The van der Waals surface area contributed by atoms with Gasteiger partial charge in [-0.1, -0.05) is 26.0 Å². The van der Waals surface area contributed by atoms with Gasteiger partial charge in [0.1, 0.15) is 29.9 Å². The van der Waals surface area contributed by atoms with Gasteiger partial charge in [-0.2, -0.15) is 13.2 Å². The number of nitrogens with zero attached hydrogens (tertiary/aromatic N) is 5. The summed E-state index contributed by atoms with van der Waals surface area (Å²) in [4.78, 5) is 28.0. The number of anilines is 1. The molecule has 1 aliphatic carbocycles. The number of amides is 1. The zero-order valence-corrected chi connectivity index (χ0v) is 22.8. The summed E-state index contributed by atoms with van der Waals surface area (Å²) in [7, 11) is 1.88. The number of benzene rings is 1. The Kier molecular flexibility index (Phi) is 6.67. The second kappa shape index (κ2) is 9.53. The quantitative estimate of drug-likeness (QED) is 0.432. The van der Waals surface area contributed by atoms with Gasteiger partial charge in [0.25, 0.3) is 11.5 Å². The number of carbonyl (C=O) groups is 1. The number of carbonyl (C=O) groups excluding carboxylic acids is 1. The molecule has 2 aromatic heterocycles. The van der Waals surface area contributed by atoms with E-state index in [-0.39, 0.29) is 25.0 Å². The van der Waals surface area contributed by atoms with Crippen LogP contribution < -0.4 is 10.9 Å². The molecule has 0 atom stereocenters. The molecule has 2 aliphatic rings. The predicted molar refractivity (Wildman–Crippen MR) is 141 cm³/mol. The molecule has 1 N–H and O–H groups in total. The lowest BCUT2D eigenvalue weighted by atomic mass is 9.51. The second-order valence-corrected chi connectivity index (χ2v) is 12.3. The molecular weight excluding hydrogens is 528 g/mol. The number of likely N-dealkylation sites (tertiary alicyclic amines) is 1. The third-order valence-corrected chi connectivity index (χ3v) is 7.62. The molecule has 1 saturated heterocycles. The van der Waals surface area contributed by atoms with E-state index in [1.807, 2.05) is 23.7 Å². The Hall–Kier alpha value is -3.54. The molecule has 0 unspecified atom stereocenters. The van der Waals surface area contributed by atoms with Crippen LogP contribution in [0, 0.1) is 5.41 Å². The number of aryl methyl sites for hydroxylation is 1. The highest BCUT2D eigenvalue weighted by atomic mass is 19.4. The van der Waals surface area contributed by atoms with Crippen LogP contribution in [0.1, 0.15) is 60.9 Å². The third-order valence-electron chi connectivity index (χ3n) is 7.62. The van der Waals surface area contributed by atoms with E-state index in [0.717, 1.165) is 30.4 Å². The van der Waals surface area contributed by atoms with Crippen LogP contribution in [0.3, 0.4) is 0 Å². The monoisotopic (exact) mass is 560 g/mol. The van der Waals surface area contributed by atoms with Crippen LogP contribution in [-0.4, -0.2) is 55.1 Å². The third kappa shape index (κ3) is 5.54. The summed E-state index contributed by atoms with van der Waals surface area (Å²) in [6.07, 6.45) is -0.319. The predicted octanol–water partition coefficient (Wildman–Crippen LogP) is 4.44.